The average molecular weight is 561 g/mol. The Hall–Kier alpha value is -4.32. The van der Waals surface area contributed by atoms with Crippen molar-refractivity contribution in [3.8, 4) is 0 Å². The Morgan fingerprint density at radius 2 is 1.59 bits per heavy atom. The Morgan fingerprint density at radius 3 is 2.21 bits per heavy atom. The molecule has 1 aromatic carbocycles. The molecule has 4 aromatic rings. The molecule has 0 atom stereocenters. The summed E-state index contributed by atoms with van der Waals surface area (Å²) < 4.78 is 33.8. The SMILES string of the molecule is Cc1ccc(NC(=O)c2ccc3ccc(N4CCN(c5ncccn5)CC4)n3c2)cc1Cl.O=C(O)C(F)(F)F. The molecule has 1 saturated heterocycles. The minimum absolute atomic E-state index is 0.169. The normalized spacial score (nSPS) is 13.6. The van der Waals surface area contributed by atoms with E-state index >= 15 is 0 Å². The van der Waals surface area contributed by atoms with Gasteiger partial charge in [-0.05, 0) is 55.0 Å². The van der Waals surface area contributed by atoms with Gasteiger partial charge in [0.05, 0.1) is 5.56 Å². The van der Waals surface area contributed by atoms with Crippen molar-refractivity contribution < 1.29 is 27.9 Å². The molecular formula is C26H24ClF3N6O3. The van der Waals surface area contributed by atoms with E-state index in [2.05, 4.69) is 41.6 Å². The van der Waals surface area contributed by atoms with E-state index in [-0.39, 0.29) is 5.91 Å². The van der Waals surface area contributed by atoms with E-state index in [1.807, 2.05) is 43.5 Å². The Bertz CT molecular complexity index is 1470. The number of carbonyl (C=O) groups is 2. The minimum Gasteiger partial charge on any atom is -0.475 e. The molecule has 204 valence electrons. The zero-order valence-corrected chi connectivity index (χ0v) is 21.4. The van der Waals surface area contributed by atoms with Gasteiger partial charge in [0.1, 0.15) is 5.82 Å². The van der Waals surface area contributed by atoms with Gasteiger partial charge in [-0.1, -0.05) is 17.7 Å². The van der Waals surface area contributed by atoms with Crippen molar-refractivity contribution in [2.24, 2.45) is 0 Å². The van der Waals surface area contributed by atoms with Crippen LogP contribution in [-0.4, -0.2) is 63.7 Å². The zero-order valence-electron chi connectivity index (χ0n) is 20.7. The number of hydrogen-bond acceptors (Lipinski definition) is 6. The number of fused-ring (bicyclic) bond motifs is 1. The first-order valence-electron chi connectivity index (χ1n) is 11.8. The number of hydrogen-bond donors (Lipinski definition) is 2. The minimum atomic E-state index is -5.08. The van der Waals surface area contributed by atoms with Crippen molar-refractivity contribution in [3.63, 3.8) is 0 Å². The highest BCUT2D eigenvalue weighted by molar-refractivity contribution is 6.31. The topological polar surface area (TPSA) is 103 Å². The van der Waals surface area contributed by atoms with Crippen molar-refractivity contribution in [3.05, 3.63) is 83.3 Å². The summed E-state index contributed by atoms with van der Waals surface area (Å²) in [6, 6.07) is 15.3. The highest BCUT2D eigenvalue weighted by Crippen LogP contribution is 2.24. The van der Waals surface area contributed by atoms with Crippen LogP contribution in [0.5, 0.6) is 0 Å². The molecule has 1 fully saturated rings. The zero-order chi connectivity index (χ0) is 28.2. The molecule has 0 saturated carbocycles. The van der Waals surface area contributed by atoms with Crippen LogP contribution >= 0.6 is 11.6 Å². The van der Waals surface area contributed by atoms with Gasteiger partial charge in [-0.2, -0.15) is 13.2 Å². The van der Waals surface area contributed by atoms with E-state index < -0.39 is 12.1 Å². The molecule has 5 rings (SSSR count). The van der Waals surface area contributed by atoms with Gasteiger partial charge in [-0.25, -0.2) is 14.8 Å². The lowest BCUT2D eigenvalue weighted by Gasteiger charge is -2.35. The lowest BCUT2D eigenvalue weighted by molar-refractivity contribution is -0.192. The number of anilines is 3. The van der Waals surface area contributed by atoms with Crippen LogP contribution in [-0.2, 0) is 4.79 Å². The third kappa shape index (κ3) is 6.77. The molecule has 3 aromatic heterocycles. The fourth-order valence-corrected chi connectivity index (χ4v) is 4.12. The smallest absolute Gasteiger partial charge is 0.475 e. The second-order valence-electron chi connectivity index (χ2n) is 8.65. The number of piperazine rings is 1. The fourth-order valence-electron chi connectivity index (χ4n) is 3.94. The van der Waals surface area contributed by atoms with E-state index in [1.165, 1.54) is 0 Å². The molecule has 4 heterocycles. The molecule has 9 nitrogen and oxygen atoms in total. The maximum absolute atomic E-state index is 12.9. The van der Waals surface area contributed by atoms with Crippen LogP contribution < -0.4 is 15.1 Å². The largest absolute Gasteiger partial charge is 0.490 e. The number of carbonyl (C=O) groups excluding carboxylic acids is 1. The Morgan fingerprint density at radius 1 is 0.974 bits per heavy atom. The predicted molar refractivity (Wildman–Crippen MR) is 142 cm³/mol. The Labute approximate surface area is 226 Å². The lowest BCUT2D eigenvalue weighted by atomic mass is 10.2. The molecule has 2 N–H and O–H groups in total. The predicted octanol–water partition coefficient (Wildman–Crippen LogP) is 4.90. The summed E-state index contributed by atoms with van der Waals surface area (Å²) in [6.07, 6.45) is 0.348. The van der Waals surface area contributed by atoms with Gasteiger partial charge < -0.3 is 24.6 Å². The van der Waals surface area contributed by atoms with Crippen LogP contribution in [0.25, 0.3) is 5.52 Å². The van der Waals surface area contributed by atoms with Gasteiger partial charge in [0, 0.05) is 61.0 Å². The summed E-state index contributed by atoms with van der Waals surface area (Å²) in [5, 5.41) is 10.7. The number of rotatable bonds is 4. The van der Waals surface area contributed by atoms with Crippen LogP contribution in [0.4, 0.5) is 30.6 Å². The molecule has 0 spiro atoms. The monoisotopic (exact) mass is 560 g/mol. The molecule has 13 heteroatoms. The molecule has 0 aliphatic carbocycles. The average Bonchev–Trinajstić information content (AvgIpc) is 3.34. The van der Waals surface area contributed by atoms with Crippen molar-refractivity contribution in [1.82, 2.24) is 14.4 Å². The highest BCUT2D eigenvalue weighted by atomic mass is 35.5. The quantitative estimate of drug-likeness (QED) is 0.366. The van der Waals surface area contributed by atoms with Gasteiger partial charge in [0.2, 0.25) is 5.95 Å². The van der Waals surface area contributed by atoms with Crippen molar-refractivity contribution in [2.45, 2.75) is 13.1 Å². The van der Waals surface area contributed by atoms with Gasteiger partial charge in [-0.15, -0.1) is 0 Å². The number of halogens is 4. The first-order chi connectivity index (χ1) is 18.5. The first kappa shape index (κ1) is 27.7. The third-order valence-corrected chi connectivity index (χ3v) is 6.41. The molecule has 0 radical (unpaired) electrons. The Kier molecular flexibility index (Phi) is 8.24. The van der Waals surface area contributed by atoms with E-state index in [0.29, 0.717) is 16.3 Å². The molecule has 0 unspecified atom stereocenters. The summed E-state index contributed by atoms with van der Waals surface area (Å²) in [4.78, 5) is 35.0. The summed E-state index contributed by atoms with van der Waals surface area (Å²) in [7, 11) is 0. The van der Waals surface area contributed by atoms with E-state index in [1.54, 1.807) is 18.5 Å². The number of nitrogens with one attached hydrogen (secondary N) is 1. The van der Waals surface area contributed by atoms with E-state index in [4.69, 9.17) is 21.5 Å². The number of pyridine rings is 1. The second kappa shape index (κ2) is 11.6. The molecule has 1 amide bonds. The number of nitrogens with zero attached hydrogens (tertiary/aromatic N) is 5. The molecule has 1 aliphatic rings. The number of aryl methyl sites for hydroxylation is 1. The first-order valence-corrected chi connectivity index (χ1v) is 12.2. The molecule has 1 aliphatic heterocycles. The maximum atomic E-state index is 12.9. The number of carboxylic acids is 1. The van der Waals surface area contributed by atoms with E-state index in [0.717, 1.165) is 49.0 Å². The molecule has 39 heavy (non-hydrogen) atoms. The number of alkyl halides is 3. The van der Waals surface area contributed by atoms with Crippen LogP contribution in [0.3, 0.4) is 0 Å². The van der Waals surface area contributed by atoms with Crippen LogP contribution in [0.15, 0.2) is 67.1 Å². The summed E-state index contributed by atoms with van der Waals surface area (Å²) in [5.41, 5.74) is 3.28. The maximum Gasteiger partial charge on any atom is 0.490 e. The summed E-state index contributed by atoms with van der Waals surface area (Å²) >= 11 is 6.19. The standard InChI is InChI=1S/C24H23ClN6O.C2HF3O2/c1-17-3-5-19(15-21(17)25)28-23(32)18-4-6-20-7-8-22(31(20)16-18)29-11-13-30(14-12-29)24-26-9-2-10-27-24;3-2(4,5)1(6)7/h2-10,15-16H,11-14H2,1H3,(H,28,32);(H,6,7). The van der Waals surface area contributed by atoms with Crippen LogP contribution in [0.2, 0.25) is 5.02 Å². The molecular weight excluding hydrogens is 537 g/mol. The third-order valence-electron chi connectivity index (χ3n) is 6.00. The van der Waals surface area contributed by atoms with Crippen molar-refractivity contribution >= 4 is 46.4 Å². The van der Waals surface area contributed by atoms with Crippen molar-refractivity contribution in [2.75, 3.05) is 41.3 Å². The van der Waals surface area contributed by atoms with Gasteiger partial charge >= 0.3 is 12.1 Å². The van der Waals surface area contributed by atoms with Gasteiger partial charge in [-0.3, -0.25) is 4.79 Å². The summed E-state index contributed by atoms with van der Waals surface area (Å²) in [6.45, 7) is 5.31. The number of benzene rings is 1. The number of amides is 1. The van der Waals surface area contributed by atoms with Gasteiger partial charge in [0.15, 0.2) is 0 Å². The number of aromatic nitrogens is 3. The summed E-state index contributed by atoms with van der Waals surface area (Å²) in [5.74, 6) is -1.09. The van der Waals surface area contributed by atoms with E-state index in [9.17, 15) is 18.0 Å². The van der Waals surface area contributed by atoms with Crippen LogP contribution in [0.1, 0.15) is 15.9 Å². The number of carboxylic acid groups (broad SMARTS) is 1. The Balaban J connectivity index is 0.000000448. The van der Waals surface area contributed by atoms with Crippen LogP contribution in [0, 0.1) is 6.92 Å². The number of aliphatic carboxylic acids is 1. The molecule has 0 bridgehead atoms. The lowest BCUT2D eigenvalue weighted by Crippen LogP contribution is -2.47. The van der Waals surface area contributed by atoms with Gasteiger partial charge in [0.25, 0.3) is 5.91 Å². The fraction of sp³-hybridized carbons (Fsp3) is 0.231. The van der Waals surface area contributed by atoms with Crippen molar-refractivity contribution in [1.29, 1.82) is 0 Å². The highest BCUT2D eigenvalue weighted by Gasteiger charge is 2.38. The second-order valence-corrected chi connectivity index (χ2v) is 9.06.